The van der Waals surface area contributed by atoms with Gasteiger partial charge in [-0.15, -0.1) is 12.4 Å². The molecule has 1 atom stereocenters. The molecule has 0 bridgehead atoms. The topological polar surface area (TPSA) is 20.3 Å². The fraction of sp³-hybridized carbons (Fsp3) is 0.417. The van der Waals surface area contributed by atoms with E-state index in [2.05, 4.69) is 0 Å². The summed E-state index contributed by atoms with van der Waals surface area (Å²) in [6, 6.07) is 6.27. The lowest BCUT2D eigenvalue weighted by atomic mass is 10.0. The summed E-state index contributed by atoms with van der Waals surface area (Å²) in [5.74, 6) is -0.498. The number of carbonyl (C=O) groups is 1. The van der Waals surface area contributed by atoms with Crippen molar-refractivity contribution in [2.75, 3.05) is 14.1 Å². The molecule has 0 amide bonds. The van der Waals surface area contributed by atoms with Crippen LogP contribution in [0.25, 0.3) is 0 Å². The number of hydrogen-bond acceptors (Lipinski definition) is 2. The summed E-state index contributed by atoms with van der Waals surface area (Å²) in [4.78, 5) is 12.7. The van der Waals surface area contributed by atoms with Crippen LogP contribution >= 0.6 is 12.4 Å². The molecule has 1 rings (SSSR count). The molecule has 0 saturated heterocycles. The van der Waals surface area contributed by atoms with E-state index in [1.54, 1.807) is 18.2 Å². The number of alkyl halides is 3. The van der Waals surface area contributed by atoms with Gasteiger partial charge >= 0.3 is 6.18 Å². The molecular formula is C12H15ClF3NO. The zero-order chi connectivity index (χ0) is 13.1. The van der Waals surface area contributed by atoms with E-state index >= 15 is 0 Å². The van der Waals surface area contributed by atoms with Crippen molar-refractivity contribution in [2.45, 2.75) is 18.6 Å². The molecule has 0 N–H and O–H groups in total. The van der Waals surface area contributed by atoms with E-state index in [1.807, 2.05) is 0 Å². The van der Waals surface area contributed by atoms with Crippen molar-refractivity contribution in [2.24, 2.45) is 0 Å². The molecule has 2 nitrogen and oxygen atoms in total. The monoisotopic (exact) mass is 281 g/mol. The Bertz CT molecular complexity index is 379. The first-order valence-electron chi connectivity index (χ1n) is 5.13. The van der Waals surface area contributed by atoms with Crippen LogP contribution < -0.4 is 0 Å². The Morgan fingerprint density at radius 2 is 1.72 bits per heavy atom. The van der Waals surface area contributed by atoms with E-state index in [0.29, 0.717) is 5.56 Å². The first kappa shape index (κ1) is 16.9. The van der Waals surface area contributed by atoms with E-state index in [9.17, 15) is 18.0 Å². The van der Waals surface area contributed by atoms with Crippen LogP contribution in [0.3, 0.4) is 0 Å². The van der Waals surface area contributed by atoms with Gasteiger partial charge in [0.05, 0.1) is 0 Å². The Morgan fingerprint density at radius 1 is 1.22 bits per heavy atom. The maximum absolute atomic E-state index is 12.7. The SMILES string of the molecule is CN(C)C(CC(=O)c1ccccc1)C(F)(F)F.Cl. The standard InChI is InChI=1S/C12H14F3NO.ClH/c1-16(2)11(12(13,14)15)8-10(17)9-6-4-3-5-7-9;/h3-7,11H,8H2,1-2H3;1H. The third-order valence-corrected chi connectivity index (χ3v) is 2.48. The molecule has 0 aliphatic rings. The smallest absolute Gasteiger partial charge is 0.298 e. The summed E-state index contributed by atoms with van der Waals surface area (Å²) >= 11 is 0. The molecule has 0 spiro atoms. The van der Waals surface area contributed by atoms with Gasteiger partial charge in [0.1, 0.15) is 6.04 Å². The van der Waals surface area contributed by atoms with E-state index in [0.717, 1.165) is 4.90 Å². The average molecular weight is 282 g/mol. The molecule has 102 valence electrons. The van der Waals surface area contributed by atoms with Crippen LogP contribution in [0.4, 0.5) is 13.2 Å². The summed E-state index contributed by atoms with van der Waals surface area (Å²) in [6.07, 6.45) is -4.95. The van der Waals surface area contributed by atoms with E-state index in [-0.39, 0.29) is 12.4 Å². The molecule has 0 saturated carbocycles. The Kier molecular flexibility index (Phi) is 6.35. The van der Waals surface area contributed by atoms with Crippen LogP contribution in [0.2, 0.25) is 0 Å². The highest BCUT2D eigenvalue weighted by Crippen LogP contribution is 2.26. The second kappa shape index (κ2) is 6.75. The van der Waals surface area contributed by atoms with E-state index in [4.69, 9.17) is 0 Å². The lowest BCUT2D eigenvalue weighted by Crippen LogP contribution is -2.42. The lowest BCUT2D eigenvalue weighted by Gasteiger charge is -2.25. The van der Waals surface area contributed by atoms with E-state index < -0.39 is 24.4 Å². The number of carbonyl (C=O) groups excluding carboxylic acids is 1. The Hall–Kier alpha value is -1.07. The molecule has 1 unspecified atom stereocenters. The minimum Gasteiger partial charge on any atom is -0.298 e. The summed E-state index contributed by atoms with van der Waals surface area (Å²) in [5.41, 5.74) is 0.309. The molecule has 1 aromatic carbocycles. The van der Waals surface area contributed by atoms with Gasteiger partial charge in [0.25, 0.3) is 0 Å². The average Bonchev–Trinajstić information content (AvgIpc) is 2.24. The third kappa shape index (κ3) is 4.66. The van der Waals surface area contributed by atoms with Crippen LogP contribution in [0.15, 0.2) is 30.3 Å². The van der Waals surface area contributed by atoms with Crippen molar-refractivity contribution >= 4 is 18.2 Å². The molecule has 18 heavy (non-hydrogen) atoms. The Balaban J connectivity index is 0.00000289. The number of nitrogens with zero attached hydrogens (tertiary/aromatic N) is 1. The Labute approximate surface area is 110 Å². The van der Waals surface area contributed by atoms with Crippen molar-refractivity contribution in [3.05, 3.63) is 35.9 Å². The number of benzene rings is 1. The number of halogens is 4. The number of ketones is 1. The lowest BCUT2D eigenvalue weighted by molar-refractivity contribution is -0.176. The normalized spacial score (nSPS) is 13.0. The molecule has 1 aromatic rings. The van der Waals surface area contributed by atoms with Crippen LogP contribution in [0.1, 0.15) is 16.8 Å². The second-order valence-electron chi connectivity index (χ2n) is 4.01. The zero-order valence-corrected chi connectivity index (χ0v) is 10.9. The number of Topliss-reactive ketones (excluding diaryl/α,β-unsaturated/α-hetero) is 1. The molecule has 0 fully saturated rings. The van der Waals surface area contributed by atoms with Gasteiger partial charge in [-0.2, -0.15) is 13.2 Å². The van der Waals surface area contributed by atoms with Crippen molar-refractivity contribution in [3.63, 3.8) is 0 Å². The van der Waals surface area contributed by atoms with Gasteiger partial charge in [-0.1, -0.05) is 30.3 Å². The van der Waals surface area contributed by atoms with Crippen molar-refractivity contribution < 1.29 is 18.0 Å². The molecular weight excluding hydrogens is 267 g/mol. The van der Waals surface area contributed by atoms with Gasteiger partial charge in [-0.05, 0) is 14.1 Å². The minimum absolute atomic E-state index is 0. The van der Waals surface area contributed by atoms with Crippen LogP contribution in [-0.4, -0.2) is 37.0 Å². The summed E-state index contributed by atoms with van der Waals surface area (Å²) in [7, 11) is 2.63. The first-order valence-corrected chi connectivity index (χ1v) is 5.13. The van der Waals surface area contributed by atoms with Gasteiger partial charge in [0.2, 0.25) is 0 Å². The second-order valence-corrected chi connectivity index (χ2v) is 4.01. The number of hydrogen-bond donors (Lipinski definition) is 0. The zero-order valence-electron chi connectivity index (χ0n) is 10.1. The molecule has 0 aliphatic carbocycles. The van der Waals surface area contributed by atoms with Crippen LogP contribution in [0.5, 0.6) is 0 Å². The van der Waals surface area contributed by atoms with Gasteiger partial charge in [0, 0.05) is 12.0 Å². The number of rotatable bonds is 4. The van der Waals surface area contributed by atoms with Crippen LogP contribution in [0, 0.1) is 0 Å². The van der Waals surface area contributed by atoms with Gasteiger partial charge in [-0.25, -0.2) is 0 Å². The highest BCUT2D eigenvalue weighted by Gasteiger charge is 2.42. The Morgan fingerprint density at radius 3 is 2.11 bits per heavy atom. The molecule has 0 aromatic heterocycles. The highest BCUT2D eigenvalue weighted by atomic mass is 35.5. The molecule has 0 aliphatic heterocycles. The fourth-order valence-electron chi connectivity index (χ4n) is 1.51. The first-order chi connectivity index (χ1) is 7.82. The van der Waals surface area contributed by atoms with Gasteiger partial charge < -0.3 is 0 Å². The van der Waals surface area contributed by atoms with Crippen molar-refractivity contribution in [1.29, 1.82) is 0 Å². The van der Waals surface area contributed by atoms with Crippen LogP contribution in [-0.2, 0) is 0 Å². The molecule has 0 heterocycles. The largest absolute Gasteiger partial charge is 0.404 e. The summed E-state index contributed by atoms with van der Waals surface area (Å²) in [5, 5.41) is 0. The van der Waals surface area contributed by atoms with Gasteiger partial charge in [-0.3, -0.25) is 9.69 Å². The van der Waals surface area contributed by atoms with Crippen molar-refractivity contribution in [3.8, 4) is 0 Å². The summed E-state index contributed by atoms with van der Waals surface area (Å²) in [6.45, 7) is 0. The third-order valence-electron chi connectivity index (χ3n) is 2.48. The predicted molar refractivity (Wildman–Crippen MR) is 66.2 cm³/mol. The maximum Gasteiger partial charge on any atom is 0.404 e. The fourth-order valence-corrected chi connectivity index (χ4v) is 1.51. The summed E-state index contributed by atoms with van der Waals surface area (Å²) < 4.78 is 38.0. The maximum atomic E-state index is 12.7. The molecule has 0 radical (unpaired) electrons. The highest BCUT2D eigenvalue weighted by molar-refractivity contribution is 5.96. The van der Waals surface area contributed by atoms with Crippen molar-refractivity contribution in [1.82, 2.24) is 4.90 Å². The minimum atomic E-state index is -4.39. The molecule has 6 heteroatoms. The predicted octanol–water partition coefficient (Wildman–Crippen LogP) is 3.17. The van der Waals surface area contributed by atoms with Gasteiger partial charge in [0.15, 0.2) is 5.78 Å². The quantitative estimate of drug-likeness (QED) is 0.790. The van der Waals surface area contributed by atoms with E-state index in [1.165, 1.54) is 26.2 Å².